The van der Waals surface area contributed by atoms with Gasteiger partial charge in [-0.1, -0.05) is 168 Å². The number of carbonyl (C=O) groups is 1. The molecule has 0 aliphatic carbocycles. The van der Waals surface area contributed by atoms with Crippen molar-refractivity contribution in [2.45, 2.75) is 200 Å². The van der Waals surface area contributed by atoms with Crippen LogP contribution >= 0.6 is 0 Å². The van der Waals surface area contributed by atoms with Crippen molar-refractivity contribution in [1.29, 1.82) is 0 Å². The number of carbonyl (C=O) groups excluding carboxylic acids is 1. The normalized spacial score (nSPS) is 12.1. The Bertz CT molecular complexity index is 432. The minimum Gasteiger partial charge on any atom is -0.550 e. The van der Waals surface area contributed by atoms with Crippen LogP contribution in [0.3, 0.4) is 0 Å². The molecule has 3 nitrogen and oxygen atoms in total. The molecule has 0 bridgehead atoms. The van der Waals surface area contributed by atoms with Crippen molar-refractivity contribution in [3.63, 3.8) is 0 Å². The first kappa shape index (κ1) is 40.2. The Morgan fingerprint density at radius 1 is 0.500 bits per heavy atom. The van der Waals surface area contributed by atoms with Gasteiger partial charge in [-0.15, -0.1) is 0 Å². The SMILES string of the molecule is CCCCCCCCCCCCCCN(CCCCCCCCCCCCCC)C(CCC)CC(=O)[O-].[Li+]. The van der Waals surface area contributed by atoms with Crippen molar-refractivity contribution in [2.24, 2.45) is 0 Å². The molecule has 0 spiro atoms. The predicted molar refractivity (Wildman–Crippen MR) is 162 cm³/mol. The Morgan fingerprint density at radius 3 is 1.05 bits per heavy atom. The van der Waals surface area contributed by atoms with Crippen molar-refractivity contribution < 1.29 is 28.8 Å². The van der Waals surface area contributed by atoms with Gasteiger partial charge in [0.2, 0.25) is 0 Å². The van der Waals surface area contributed by atoms with E-state index in [1.54, 1.807) is 0 Å². The molecule has 38 heavy (non-hydrogen) atoms. The molecule has 0 radical (unpaired) electrons. The smallest absolute Gasteiger partial charge is 0.550 e. The second kappa shape index (κ2) is 33.2. The fourth-order valence-electron chi connectivity index (χ4n) is 5.73. The van der Waals surface area contributed by atoms with Crippen molar-refractivity contribution >= 4 is 5.97 Å². The van der Waals surface area contributed by atoms with Gasteiger partial charge in [-0.3, -0.25) is 0 Å². The zero-order valence-corrected chi connectivity index (χ0v) is 26.8. The molecule has 0 saturated carbocycles. The molecule has 4 heteroatoms. The van der Waals surface area contributed by atoms with Crippen LogP contribution < -0.4 is 24.0 Å². The summed E-state index contributed by atoms with van der Waals surface area (Å²) in [6.07, 6.45) is 35.0. The van der Waals surface area contributed by atoms with Gasteiger partial charge >= 0.3 is 18.9 Å². The van der Waals surface area contributed by atoms with Gasteiger partial charge in [-0.25, -0.2) is 0 Å². The Balaban J connectivity index is 0. The molecule has 0 fully saturated rings. The van der Waals surface area contributed by atoms with Gasteiger partial charge in [0, 0.05) is 18.4 Å². The first-order valence-corrected chi connectivity index (χ1v) is 17.1. The summed E-state index contributed by atoms with van der Waals surface area (Å²) in [5.74, 6) is -0.882. The molecule has 0 aromatic heterocycles. The van der Waals surface area contributed by atoms with Crippen LogP contribution in [0.25, 0.3) is 0 Å². The number of hydrogen-bond acceptors (Lipinski definition) is 3. The molecule has 0 amide bonds. The summed E-state index contributed by atoms with van der Waals surface area (Å²) in [4.78, 5) is 13.9. The van der Waals surface area contributed by atoms with Crippen LogP contribution in [0, 0.1) is 0 Å². The minimum absolute atomic E-state index is 0. The second-order valence-corrected chi connectivity index (χ2v) is 11.8. The molecule has 0 N–H and O–H groups in total. The average Bonchev–Trinajstić information content (AvgIpc) is 2.88. The number of carboxylic acid groups (broad SMARTS) is 1. The van der Waals surface area contributed by atoms with E-state index in [2.05, 4.69) is 25.7 Å². The summed E-state index contributed by atoms with van der Waals surface area (Å²) in [7, 11) is 0. The van der Waals surface area contributed by atoms with Crippen molar-refractivity contribution in [3.05, 3.63) is 0 Å². The van der Waals surface area contributed by atoms with Crippen molar-refractivity contribution in [3.8, 4) is 0 Å². The summed E-state index contributed by atoms with van der Waals surface area (Å²) in [5, 5.41) is 11.4. The second-order valence-electron chi connectivity index (χ2n) is 11.8. The molecule has 222 valence electrons. The zero-order valence-electron chi connectivity index (χ0n) is 26.8. The van der Waals surface area contributed by atoms with Gasteiger partial charge in [-0.2, -0.15) is 0 Å². The Kier molecular flexibility index (Phi) is 35.1. The van der Waals surface area contributed by atoms with Crippen LogP contribution in [-0.2, 0) is 4.79 Å². The summed E-state index contributed by atoms with van der Waals surface area (Å²) in [6, 6.07) is 0.162. The summed E-state index contributed by atoms with van der Waals surface area (Å²) < 4.78 is 0. The summed E-state index contributed by atoms with van der Waals surface area (Å²) in [5.41, 5.74) is 0. The third kappa shape index (κ3) is 29.0. The van der Waals surface area contributed by atoms with E-state index in [-0.39, 0.29) is 31.3 Å². The quantitative estimate of drug-likeness (QED) is 0.0717. The van der Waals surface area contributed by atoms with Crippen LogP contribution in [0.2, 0.25) is 0 Å². The molecule has 0 heterocycles. The van der Waals surface area contributed by atoms with Crippen LogP contribution in [0.4, 0.5) is 0 Å². The van der Waals surface area contributed by atoms with Gasteiger partial charge in [0.05, 0.1) is 0 Å². The van der Waals surface area contributed by atoms with E-state index in [0.717, 1.165) is 25.9 Å². The average molecular weight is 530 g/mol. The fourth-order valence-corrected chi connectivity index (χ4v) is 5.73. The first-order chi connectivity index (χ1) is 18.2. The molecule has 0 rings (SSSR count). The van der Waals surface area contributed by atoms with E-state index in [0.29, 0.717) is 0 Å². The van der Waals surface area contributed by atoms with Crippen LogP contribution in [0.5, 0.6) is 0 Å². The summed E-state index contributed by atoms with van der Waals surface area (Å²) >= 11 is 0. The third-order valence-electron chi connectivity index (χ3n) is 8.14. The van der Waals surface area contributed by atoms with E-state index in [9.17, 15) is 9.90 Å². The Labute approximate surface area is 252 Å². The van der Waals surface area contributed by atoms with E-state index in [1.807, 2.05) is 0 Å². The number of hydrogen-bond donors (Lipinski definition) is 0. The largest absolute Gasteiger partial charge is 1.00 e. The molecule has 0 aromatic carbocycles. The predicted octanol–water partition coefficient (Wildman–Crippen LogP) is 7.00. The number of aliphatic carboxylic acids is 1. The van der Waals surface area contributed by atoms with Crippen LogP contribution in [0.1, 0.15) is 194 Å². The summed E-state index contributed by atoms with van der Waals surface area (Å²) in [6.45, 7) is 8.87. The molecule has 1 unspecified atom stereocenters. The number of nitrogens with zero attached hydrogens (tertiary/aromatic N) is 1. The van der Waals surface area contributed by atoms with Crippen LogP contribution in [0.15, 0.2) is 0 Å². The van der Waals surface area contributed by atoms with Crippen LogP contribution in [-0.4, -0.2) is 30.0 Å². The monoisotopic (exact) mass is 530 g/mol. The van der Waals surface area contributed by atoms with E-state index >= 15 is 0 Å². The van der Waals surface area contributed by atoms with E-state index in [4.69, 9.17) is 0 Å². The Morgan fingerprint density at radius 2 is 0.789 bits per heavy atom. The fraction of sp³-hybridized carbons (Fsp3) is 0.971. The van der Waals surface area contributed by atoms with Gasteiger partial charge in [-0.05, 0) is 32.4 Å². The van der Waals surface area contributed by atoms with E-state index in [1.165, 1.54) is 154 Å². The number of rotatable bonds is 31. The first-order valence-electron chi connectivity index (χ1n) is 17.1. The molecular weight excluding hydrogens is 461 g/mol. The molecule has 0 aliphatic heterocycles. The number of carboxylic acids is 1. The van der Waals surface area contributed by atoms with Gasteiger partial charge in [0.25, 0.3) is 0 Å². The topological polar surface area (TPSA) is 43.4 Å². The maximum atomic E-state index is 11.4. The molecule has 0 aromatic rings. The minimum atomic E-state index is -0.882. The van der Waals surface area contributed by atoms with Gasteiger partial charge in [0.1, 0.15) is 0 Å². The molecule has 1 atom stereocenters. The maximum absolute atomic E-state index is 11.4. The number of unbranched alkanes of at least 4 members (excludes halogenated alkanes) is 22. The maximum Gasteiger partial charge on any atom is 1.00 e. The molecule has 0 aliphatic rings. The molecular formula is C34H68LiNO2. The van der Waals surface area contributed by atoms with Crippen molar-refractivity contribution in [1.82, 2.24) is 4.90 Å². The zero-order chi connectivity index (χ0) is 27.2. The van der Waals surface area contributed by atoms with Gasteiger partial charge < -0.3 is 14.8 Å². The van der Waals surface area contributed by atoms with Crippen molar-refractivity contribution in [2.75, 3.05) is 13.1 Å². The van der Waals surface area contributed by atoms with E-state index < -0.39 is 5.97 Å². The standard InChI is InChI=1S/C34H69NO2.Li/c1-4-7-9-11-13-15-17-19-21-23-25-27-30-35(33(29-6-3)32-34(36)37)31-28-26-24-22-20-18-16-14-12-10-8-5-2;/h33H,4-32H2,1-3H3,(H,36,37);/q;+1/p-1. The molecule has 0 saturated heterocycles. The third-order valence-corrected chi connectivity index (χ3v) is 8.14. The Hall–Kier alpha value is 0.0274. The van der Waals surface area contributed by atoms with Gasteiger partial charge in [0.15, 0.2) is 0 Å².